The lowest BCUT2D eigenvalue weighted by molar-refractivity contribution is 0.0497. The third-order valence-corrected chi connectivity index (χ3v) is 3.53. The van der Waals surface area contributed by atoms with Gasteiger partial charge in [-0.3, -0.25) is 0 Å². The van der Waals surface area contributed by atoms with Gasteiger partial charge in [0.1, 0.15) is 11.4 Å². The van der Waals surface area contributed by atoms with E-state index >= 15 is 0 Å². The van der Waals surface area contributed by atoms with Gasteiger partial charge in [-0.05, 0) is 51.3 Å². The van der Waals surface area contributed by atoms with Gasteiger partial charge in [-0.1, -0.05) is 0 Å². The van der Waals surface area contributed by atoms with Crippen LogP contribution in [-0.4, -0.2) is 40.9 Å². The highest BCUT2D eigenvalue weighted by Crippen LogP contribution is 2.19. The summed E-state index contributed by atoms with van der Waals surface area (Å²) in [7, 11) is 0. The number of hydrogen-bond acceptors (Lipinski definition) is 5. The van der Waals surface area contributed by atoms with Gasteiger partial charge < -0.3 is 20.1 Å². The summed E-state index contributed by atoms with van der Waals surface area (Å²) in [5.74, 6) is 0.877. The molecule has 1 aromatic heterocycles. The van der Waals surface area contributed by atoms with Crippen molar-refractivity contribution in [2.45, 2.75) is 51.9 Å². The summed E-state index contributed by atoms with van der Waals surface area (Å²) in [6, 6.07) is 3.84. The second kappa shape index (κ2) is 6.96. The minimum atomic E-state index is -0.473. The number of hydrogen-bond donors (Lipinski definition) is 2. The van der Waals surface area contributed by atoms with E-state index in [2.05, 4.69) is 15.2 Å². The summed E-state index contributed by atoms with van der Waals surface area (Å²) in [4.78, 5) is 18.3. The van der Waals surface area contributed by atoms with Gasteiger partial charge in [-0.15, -0.1) is 0 Å². The molecule has 1 aliphatic heterocycles. The van der Waals surface area contributed by atoms with Crippen molar-refractivity contribution >= 4 is 11.9 Å². The van der Waals surface area contributed by atoms with Gasteiger partial charge in [-0.2, -0.15) is 0 Å². The Morgan fingerprint density at radius 1 is 1.45 bits per heavy atom. The summed E-state index contributed by atoms with van der Waals surface area (Å²) in [6.45, 7) is 7.23. The molecule has 1 aromatic rings. The smallest absolute Gasteiger partial charge is 0.407 e. The monoisotopic (exact) mass is 307 g/mol. The fourth-order valence-corrected chi connectivity index (χ4v) is 2.46. The summed E-state index contributed by atoms with van der Waals surface area (Å²) >= 11 is 0. The van der Waals surface area contributed by atoms with E-state index in [0.717, 1.165) is 37.3 Å². The minimum absolute atomic E-state index is 0.0200. The molecule has 1 aliphatic rings. The number of amides is 1. The van der Waals surface area contributed by atoms with E-state index in [-0.39, 0.29) is 18.7 Å². The number of nitrogens with one attached hydrogen (secondary N) is 1. The molecule has 0 bridgehead atoms. The number of ether oxygens (including phenoxy) is 1. The maximum atomic E-state index is 11.8. The van der Waals surface area contributed by atoms with Crippen molar-refractivity contribution < 1.29 is 14.6 Å². The van der Waals surface area contributed by atoms with E-state index in [4.69, 9.17) is 4.74 Å². The van der Waals surface area contributed by atoms with Gasteiger partial charge in [0.05, 0.1) is 6.61 Å². The molecule has 0 unspecified atom stereocenters. The fraction of sp³-hybridized carbons (Fsp3) is 0.625. The Morgan fingerprint density at radius 2 is 2.14 bits per heavy atom. The van der Waals surface area contributed by atoms with Crippen LogP contribution >= 0.6 is 0 Å². The van der Waals surface area contributed by atoms with Crippen molar-refractivity contribution in [3.05, 3.63) is 23.9 Å². The summed E-state index contributed by atoms with van der Waals surface area (Å²) in [5.41, 5.74) is 0.387. The third kappa shape index (κ3) is 4.87. The number of nitrogens with zero attached hydrogens (tertiary/aromatic N) is 2. The summed E-state index contributed by atoms with van der Waals surface area (Å²) in [5, 5.41) is 12.1. The molecule has 122 valence electrons. The van der Waals surface area contributed by atoms with Crippen LogP contribution in [0, 0.1) is 0 Å². The van der Waals surface area contributed by atoms with Gasteiger partial charge in [0.25, 0.3) is 0 Å². The van der Waals surface area contributed by atoms with Crippen molar-refractivity contribution in [3.63, 3.8) is 0 Å². The number of carbonyl (C=O) groups is 1. The first-order valence-corrected chi connectivity index (χ1v) is 7.67. The average Bonchev–Trinajstić information content (AvgIpc) is 2.46. The molecule has 1 fully saturated rings. The van der Waals surface area contributed by atoms with Gasteiger partial charge in [0.15, 0.2) is 0 Å². The van der Waals surface area contributed by atoms with Crippen molar-refractivity contribution in [1.82, 2.24) is 10.3 Å². The van der Waals surface area contributed by atoms with Crippen LogP contribution in [0.3, 0.4) is 0 Å². The maximum absolute atomic E-state index is 11.8. The first kappa shape index (κ1) is 16.5. The van der Waals surface area contributed by atoms with Gasteiger partial charge >= 0.3 is 6.09 Å². The second-order valence-electron chi connectivity index (χ2n) is 6.59. The lowest BCUT2D eigenvalue weighted by Crippen LogP contribution is -2.46. The third-order valence-electron chi connectivity index (χ3n) is 3.53. The van der Waals surface area contributed by atoms with E-state index < -0.39 is 5.60 Å². The Bertz CT molecular complexity index is 506. The predicted molar refractivity (Wildman–Crippen MR) is 84.8 cm³/mol. The molecule has 0 atom stereocenters. The standard InChI is InChI=1S/C16H25N3O3/c1-16(2,3)22-15(21)18-13-5-8-19(9-6-13)14-10-12(11-20)4-7-17-14/h4,7,10,13,20H,5-6,8-9,11H2,1-3H3,(H,18,21). The molecule has 0 radical (unpaired) electrons. The zero-order valence-electron chi connectivity index (χ0n) is 13.5. The molecule has 0 aromatic carbocycles. The van der Waals surface area contributed by atoms with E-state index in [1.165, 1.54) is 0 Å². The van der Waals surface area contributed by atoms with Gasteiger partial charge in [-0.25, -0.2) is 9.78 Å². The molecule has 2 heterocycles. The molecule has 0 saturated carbocycles. The molecule has 0 aliphatic carbocycles. The molecule has 1 amide bonds. The highest BCUT2D eigenvalue weighted by Gasteiger charge is 2.24. The van der Waals surface area contributed by atoms with E-state index in [1.54, 1.807) is 12.3 Å². The Balaban J connectivity index is 1.84. The van der Waals surface area contributed by atoms with Crippen molar-refractivity contribution in [1.29, 1.82) is 0 Å². The van der Waals surface area contributed by atoms with Gasteiger partial charge in [0, 0.05) is 25.3 Å². The number of pyridine rings is 1. The number of aliphatic hydroxyl groups is 1. The number of aromatic nitrogens is 1. The molecule has 1 saturated heterocycles. The number of rotatable bonds is 3. The molecule has 0 spiro atoms. The summed E-state index contributed by atoms with van der Waals surface area (Å²) < 4.78 is 5.28. The number of anilines is 1. The molecule has 6 nitrogen and oxygen atoms in total. The molecule has 6 heteroatoms. The van der Waals surface area contributed by atoms with E-state index in [9.17, 15) is 9.90 Å². The van der Waals surface area contributed by atoms with Crippen LogP contribution in [0.5, 0.6) is 0 Å². The van der Waals surface area contributed by atoms with Crippen LogP contribution in [0.4, 0.5) is 10.6 Å². The van der Waals surface area contributed by atoms with Gasteiger partial charge in [0.2, 0.25) is 0 Å². The van der Waals surface area contributed by atoms with Crippen molar-refractivity contribution in [3.8, 4) is 0 Å². The molecule has 2 rings (SSSR count). The number of carbonyl (C=O) groups excluding carboxylic acids is 1. The molecular weight excluding hydrogens is 282 g/mol. The van der Waals surface area contributed by atoms with Crippen molar-refractivity contribution in [2.24, 2.45) is 0 Å². The Hall–Kier alpha value is -1.82. The van der Waals surface area contributed by atoms with Crippen LogP contribution in [-0.2, 0) is 11.3 Å². The summed E-state index contributed by atoms with van der Waals surface area (Å²) in [6.07, 6.45) is 3.06. The average molecular weight is 307 g/mol. The zero-order valence-corrected chi connectivity index (χ0v) is 13.5. The lowest BCUT2D eigenvalue weighted by Gasteiger charge is -2.33. The quantitative estimate of drug-likeness (QED) is 0.894. The van der Waals surface area contributed by atoms with Crippen LogP contribution in [0.2, 0.25) is 0 Å². The lowest BCUT2D eigenvalue weighted by atomic mass is 10.1. The predicted octanol–water partition coefficient (Wildman–Crippen LogP) is 2.07. The normalized spacial score (nSPS) is 16.5. The second-order valence-corrected chi connectivity index (χ2v) is 6.59. The van der Waals surface area contributed by atoms with Crippen LogP contribution < -0.4 is 10.2 Å². The molecular formula is C16H25N3O3. The fourth-order valence-electron chi connectivity index (χ4n) is 2.46. The maximum Gasteiger partial charge on any atom is 0.407 e. The number of piperidine rings is 1. The first-order valence-electron chi connectivity index (χ1n) is 7.67. The Labute approximate surface area is 131 Å². The van der Waals surface area contributed by atoms with Crippen LogP contribution in [0.25, 0.3) is 0 Å². The highest BCUT2D eigenvalue weighted by molar-refractivity contribution is 5.68. The Kier molecular flexibility index (Phi) is 5.24. The highest BCUT2D eigenvalue weighted by atomic mass is 16.6. The number of aliphatic hydroxyl groups excluding tert-OH is 1. The first-order chi connectivity index (χ1) is 10.4. The minimum Gasteiger partial charge on any atom is -0.444 e. The molecule has 22 heavy (non-hydrogen) atoms. The number of alkyl carbamates (subject to hydrolysis) is 1. The van der Waals surface area contributed by atoms with Crippen LogP contribution in [0.1, 0.15) is 39.2 Å². The Morgan fingerprint density at radius 3 is 2.73 bits per heavy atom. The molecule has 2 N–H and O–H groups in total. The topological polar surface area (TPSA) is 74.7 Å². The SMILES string of the molecule is CC(C)(C)OC(=O)NC1CCN(c2cc(CO)ccn2)CC1. The largest absolute Gasteiger partial charge is 0.444 e. The zero-order chi connectivity index (χ0) is 16.2. The van der Waals surface area contributed by atoms with E-state index in [0.29, 0.717) is 0 Å². The van der Waals surface area contributed by atoms with Crippen LogP contribution in [0.15, 0.2) is 18.3 Å². The van der Waals surface area contributed by atoms with Crippen molar-refractivity contribution in [2.75, 3.05) is 18.0 Å². The van der Waals surface area contributed by atoms with E-state index in [1.807, 2.05) is 26.8 Å².